The van der Waals surface area contributed by atoms with Gasteiger partial charge < -0.3 is 34.5 Å². The third-order valence-electron chi connectivity index (χ3n) is 5.54. The highest BCUT2D eigenvalue weighted by molar-refractivity contribution is 5.90. The number of hydrogen-bond donors (Lipinski definition) is 4. The summed E-state index contributed by atoms with van der Waals surface area (Å²) in [6.07, 6.45) is 1.67. The van der Waals surface area contributed by atoms with E-state index in [1.807, 2.05) is 34.9 Å². The zero-order chi connectivity index (χ0) is 24.1. The first-order valence-electron chi connectivity index (χ1n) is 10.9. The fourth-order valence-electron chi connectivity index (χ4n) is 3.95. The molecule has 10 heteroatoms. The van der Waals surface area contributed by atoms with Crippen LogP contribution in [0.15, 0.2) is 48.7 Å². The van der Waals surface area contributed by atoms with Crippen LogP contribution in [0.5, 0.6) is 5.75 Å². The van der Waals surface area contributed by atoms with Crippen LogP contribution in [-0.2, 0) is 16.1 Å². The Morgan fingerprint density at radius 2 is 1.85 bits per heavy atom. The second-order valence-corrected chi connectivity index (χ2v) is 7.79. The molecule has 3 heterocycles. The van der Waals surface area contributed by atoms with Crippen LogP contribution in [0.3, 0.4) is 0 Å². The highest BCUT2D eigenvalue weighted by atomic mass is 16.5. The number of amides is 1. The molecular formula is C24H26N4O6. The van der Waals surface area contributed by atoms with E-state index >= 15 is 0 Å². The average Bonchev–Trinajstić information content (AvgIpc) is 3.41. The molecular weight excluding hydrogens is 440 g/mol. The topological polar surface area (TPSA) is 141 Å². The summed E-state index contributed by atoms with van der Waals surface area (Å²) in [6.45, 7) is -0.103. The van der Waals surface area contributed by atoms with E-state index in [9.17, 15) is 14.7 Å². The number of H-pyrrole nitrogens is 1. The number of pyridine rings is 1. The number of aliphatic carboxylic acids is 1. The molecule has 34 heavy (non-hydrogen) atoms. The van der Waals surface area contributed by atoms with E-state index in [0.29, 0.717) is 5.75 Å². The number of carbonyl (C=O) groups excluding carboxylic acids is 1. The maximum atomic E-state index is 12.3. The first-order chi connectivity index (χ1) is 16.5. The van der Waals surface area contributed by atoms with Crippen molar-refractivity contribution in [2.75, 3.05) is 32.9 Å². The van der Waals surface area contributed by atoms with Crippen molar-refractivity contribution in [3.8, 4) is 17.1 Å². The van der Waals surface area contributed by atoms with E-state index < -0.39 is 5.97 Å². The molecule has 0 saturated carbocycles. The minimum atomic E-state index is -0.889. The predicted molar refractivity (Wildman–Crippen MR) is 126 cm³/mol. The van der Waals surface area contributed by atoms with E-state index in [4.69, 9.17) is 14.9 Å². The number of hydrogen-bond acceptors (Lipinski definition) is 6. The van der Waals surface area contributed by atoms with Crippen molar-refractivity contribution in [1.29, 1.82) is 0 Å². The van der Waals surface area contributed by atoms with Crippen molar-refractivity contribution in [2.24, 2.45) is 0 Å². The Balaban J connectivity index is 1.63. The molecule has 0 unspecified atom stereocenters. The normalized spacial score (nSPS) is 11.2. The van der Waals surface area contributed by atoms with Gasteiger partial charge in [-0.05, 0) is 42.5 Å². The van der Waals surface area contributed by atoms with Gasteiger partial charge in [-0.15, -0.1) is 0 Å². The number of nitrogens with one attached hydrogen (secondary N) is 1. The minimum Gasteiger partial charge on any atom is -0.484 e. The summed E-state index contributed by atoms with van der Waals surface area (Å²) in [5.41, 5.74) is 3.21. The smallest absolute Gasteiger partial charge is 0.305 e. The third kappa shape index (κ3) is 5.03. The maximum absolute atomic E-state index is 12.3. The molecule has 1 aromatic carbocycles. The van der Waals surface area contributed by atoms with E-state index in [1.54, 1.807) is 18.3 Å². The van der Waals surface area contributed by atoms with Crippen LogP contribution in [0.4, 0.5) is 0 Å². The number of aliphatic hydroxyl groups is 2. The summed E-state index contributed by atoms with van der Waals surface area (Å²) in [4.78, 5) is 32.6. The first kappa shape index (κ1) is 23.3. The number of carboxylic acid groups (broad SMARTS) is 1. The summed E-state index contributed by atoms with van der Waals surface area (Å²) in [5.74, 6) is -0.748. The molecule has 0 spiro atoms. The maximum Gasteiger partial charge on any atom is 0.305 e. The summed E-state index contributed by atoms with van der Waals surface area (Å²) in [6, 6.07) is 13.1. The van der Waals surface area contributed by atoms with Crippen LogP contribution in [0.2, 0.25) is 0 Å². The van der Waals surface area contributed by atoms with Gasteiger partial charge in [0.25, 0.3) is 5.91 Å². The van der Waals surface area contributed by atoms with Gasteiger partial charge in [0.15, 0.2) is 6.61 Å². The van der Waals surface area contributed by atoms with Crippen molar-refractivity contribution in [3.63, 3.8) is 0 Å². The second kappa shape index (κ2) is 10.4. The lowest BCUT2D eigenvalue weighted by molar-refractivity contribution is -0.137. The molecule has 4 rings (SSSR count). The molecule has 178 valence electrons. The second-order valence-electron chi connectivity index (χ2n) is 7.79. The van der Waals surface area contributed by atoms with Crippen LogP contribution < -0.4 is 4.74 Å². The number of aromatic nitrogens is 3. The average molecular weight is 466 g/mol. The SMILES string of the molecule is O=C(O)CCn1c(-c2cc3cccnc3[nH]2)cc2cc(OCC(=O)N(CCO)CCO)ccc21. The number of rotatable bonds is 11. The van der Waals surface area contributed by atoms with Gasteiger partial charge in [-0.25, -0.2) is 4.98 Å². The Kier molecular flexibility index (Phi) is 7.09. The van der Waals surface area contributed by atoms with Crippen molar-refractivity contribution in [2.45, 2.75) is 13.0 Å². The van der Waals surface area contributed by atoms with Crippen LogP contribution in [-0.4, -0.2) is 79.5 Å². The van der Waals surface area contributed by atoms with Crippen LogP contribution in [0, 0.1) is 0 Å². The lowest BCUT2D eigenvalue weighted by Gasteiger charge is -2.20. The summed E-state index contributed by atoms with van der Waals surface area (Å²) in [7, 11) is 0. The Morgan fingerprint density at radius 1 is 1.06 bits per heavy atom. The summed E-state index contributed by atoms with van der Waals surface area (Å²) >= 11 is 0. The van der Waals surface area contributed by atoms with Gasteiger partial charge >= 0.3 is 5.97 Å². The van der Waals surface area contributed by atoms with E-state index in [0.717, 1.165) is 33.3 Å². The molecule has 1 amide bonds. The molecule has 10 nitrogen and oxygen atoms in total. The Labute approximate surface area is 195 Å². The van der Waals surface area contributed by atoms with Crippen molar-refractivity contribution >= 4 is 33.8 Å². The van der Waals surface area contributed by atoms with Crippen molar-refractivity contribution in [3.05, 3.63) is 48.7 Å². The number of ether oxygens (including phenoxy) is 1. The number of fused-ring (bicyclic) bond motifs is 2. The largest absolute Gasteiger partial charge is 0.484 e. The summed E-state index contributed by atoms with van der Waals surface area (Å²) < 4.78 is 7.61. The quantitative estimate of drug-likeness (QED) is 0.264. The number of aryl methyl sites for hydroxylation is 1. The Hall–Kier alpha value is -3.89. The van der Waals surface area contributed by atoms with Gasteiger partial charge in [0.05, 0.1) is 31.0 Å². The molecule has 4 N–H and O–H groups in total. The van der Waals surface area contributed by atoms with E-state index in [2.05, 4.69) is 9.97 Å². The molecule has 0 bridgehead atoms. The Bertz CT molecular complexity index is 1270. The molecule has 0 aliphatic carbocycles. The van der Waals surface area contributed by atoms with Gasteiger partial charge in [-0.2, -0.15) is 0 Å². The number of benzene rings is 1. The fraction of sp³-hybridized carbons (Fsp3) is 0.292. The van der Waals surface area contributed by atoms with E-state index in [-0.39, 0.29) is 51.8 Å². The highest BCUT2D eigenvalue weighted by Gasteiger charge is 2.16. The van der Waals surface area contributed by atoms with Gasteiger partial charge in [-0.3, -0.25) is 9.59 Å². The highest BCUT2D eigenvalue weighted by Crippen LogP contribution is 2.32. The van der Waals surface area contributed by atoms with Crippen LogP contribution >= 0.6 is 0 Å². The van der Waals surface area contributed by atoms with Gasteiger partial charge in [-0.1, -0.05) is 0 Å². The molecule has 0 aliphatic rings. The Morgan fingerprint density at radius 3 is 2.56 bits per heavy atom. The minimum absolute atomic E-state index is 0.0342. The monoisotopic (exact) mass is 466 g/mol. The third-order valence-corrected chi connectivity index (χ3v) is 5.54. The number of carboxylic acids is 1. The molecule has 0 atom stereocenters. The number of aromatic amines is 1. The first-order valence-corrected chi connectivity index (χ1v) is 10.9. The molecule has 4 aromatic rings. The molecule has 0 saturated heterocycles. The standard InChI is InChI=1S/C24H26N4O6/c29-10-8-27(9-11-30)22(31)15-34-18-3-4-20-17(12-18)14-21(28(20)7-5-23(32)33)19-13-16-2-1-6-25-24(16)26-19/h1-4,6,12-14,29-30H,5,7-11,15H2,(H,25,26)(H,32,33). The van der Waals surface area contributed by atoms with Gasteiger partial charge in [0.1, 0.15) is 11.4 Å². The number of carbonyl (C=O) groups is 2. The zero-order valence-electron chi connectivity index (χ0n) is 18.5. The molecule has 3 aromatic heterocycles. The predicted octanol–water partition coefficient (Wildman–Crippen LogP) is 1.85. The van der Waals surface area contributed by atoms with Crippen molar-refractivity contribution < 1.29 is 29.6 Å². The van der Waals surface area contributed by atoms with Crippen LogP contribution in [0.1, 0.15) is 6.42 Å². The lowest BCUT2D eigenvalue weighted by atomic mass is 10.2. The summed E-state index contributed by atoms with van der Waals surface area (Å²) in [5, 5.41) is 29.2. The van der Waals surface area contributed by atoms with Crippen molar-refractivity contribution in [1.82, 2.24) is 19.4 Å². The number of aliphatic hydroxyl groups excluding tert-OH is 2. The fourth-order valence-corrected chi connectivity index (χ4v) is 3.95. The number of nitrogens with zero attached hydrogens (tertiary/aromatic N) is 3. The molecule has 0 fully saturated rings. The molecule has 0 aliphatic heterocycles. The van der Waals surface area contributed by atoms with Gasteiger partial charge in [0, 0.05) is 42.1 Å². The zero-order valence-corrected chi connectivity index (χ0v) is 18.5. The van der Waals surface area contributed by atoms with E-state index in [1.165, 1.54) is 4.90 Å². The van der Waals surface area contributed by atoms with Gasteiger partial charge in [0.2, 0.25) is 0 Å². The molecule has 0 radical (unpaired) electrons. The van der Waals surface area contributed by atoms with Crippen LogP contribution in [0.25, 0.3) is 33.3 Å². The lowest BCUT2D eigenvalue weighted by Crippen LogP contribution is -2.38.